The Bertz CT molecular complexity index is 775. The number of carbonyl (C=O) groups is 2. The van der Waals surface area contributed by atoms with Crippen molar-refractivity contribution in [3.63, 3.8) is 0 Å². The summed E-state index contributed by atoms with van der Waals surface area (Å²) in [7, 11) is 1.61. The summed E-state index contributed by atoms with van der Waals surface area (Å²) in [5, 5.41) is 14.1. The van der Waals surface area contributed by atoms with Crippen molar-refractivity contribution >= 4 is 28.5 Å². The van der Waals surface area contributed by atoms with Crippen LogP contribution in [0, 0.1) is 5.92 Å². The Morgan fingerprint density at radius 1 is 1.22 bits per heavy atom. The highest BCUT2D eigenvalue weighted by Gasteiger charge is 2.20. The molecule has 1 atom stereocenters. The molecule has 2 aromatic carbocycles. The number of hydrogen-bond acceptors (Lipinski definition) is 2. The molecule has 2 amide bonds. The molecule has 2 aromatic rings. The topological polar surface area (TPSA) is 69.6 Å². The summed E-state index contributed by atoms with van der Waals surface area (Å²) in [6.45, 7) is 1.76. The number of aliphatic carboxylic acids is 1. The zero-order chi connectivity index (χ0) is 16.6. The second-order valence-corrected chi connectivity index (χ2v) is 6.16. The van der Waals surface area contributed by atoms with Crippen molar-refractivity contribution in [3.8, 4) is 0 Å². The molecule has 1 aliphatic carbocycles. The van der Waals surface area contributed by atoms with Gasteiger partial charge in [0.2, 0.25) is 0 Å². The minimum Gasteiger partial charge on any atom is -0.481 e. The van der Waals surface area contributed by atoms with Crippen LogP contribution in [0.2, 0.25) is 0 Å². The Labute approximate surface area is 134 Å². The quantitative estimate of drug-likeness (QED) is 0.911. The molecule has 0 radical (unpaired) electrons. The Balaban J connectivity index is 1.82. The van der Waals surface area contributed by atoms with Gasteiger partial charge in [0.05, 0.1) is 11.6 Å². The molecule has 1 aliphatic rings. The molecular formula is C18H20N2O3. The third kappa shape index (κ3) is 2.86. The van der Waals surface area contributed by atoms with Gasteiger partial charge in [-0.2, -0.15) is 0 Å². The van der Waals surface area contributed by atoms with E-state index < -0.39 is 11.9 Å². The lowest BCUT2D eigenvalue weighted by molar-refractivity contribution is -0.141. The number of urea groups is 1. The second-order valence-electron chi connectivity index (χ2n) is 6.16. The van der Waals surface area contributed by atoms with Crippen molar-refractivity contribution in [1.29, 1.82) is 0 Å². The lowest BCUT2D eigenvalue weighted by atomic mass is 10.0. The van der Waals surface area contributed by atoms with Crippen LogP contribution in [0.15, 0.2) is 30.3 Å². The minimum absolute atomic E-state index is 0.169. The average molecular weight is 312 g/mol. The molecule has 3 rings (SSSR count). The number of nitrogens with one attached hydrogen (secondary N) is 1. The van der Waals surface area contributed by atoms with Gasteiger partial charge < -0.3 is 15.3 Å². The Hall–Kier alpha value is -2.56. The summed E-state index contributed by atoms with van der Waals surface area (Å²) < 4.78 is 0. The Morgan fingerprint density at radius 2 is 1.91 bits per heavy atom. The zero-order valence-electron chi connectivity index (χ0n) is 13.3. The van der Waals surface area contributed by atoms with Crippen LogP contribution < -0.4 is 5.32 Å². The highest BCUT2D eigenvalue weighted by molar-refractivity contribution is 6.04. The van der Waals surface area contributed by atoms with Gasteiger partial charge in [0, 0.05) is 19.0 Å². The van der Waals surface area contributed by atoms with Gasteiger partial charge >= 0.3 is 12.0 Å². The average Bonchev–Trinajstić information content (AvgIpc) is 2.94. The molecule has 0 saturated heterocycles. The SMILES string of the molecule is CC(CN(C)C(=O)Nc1ccc2c3c(cccc13)CC2)C(=O)O. The van der Waals surface area contributed by atoms with Gasteiger partial charge in [0.25, 0.3) is 0 Å². The van der Waals surface area contributed by atoms with E-state index in [0.29, 0.717) is 0 Å². The van der Waals surface area contributed by atoms with E-state index >= 15 is 0 Å². The first-order valence-corrected chi connectivity index (χ1v) is 7.75. The number of amides is 2. The maximum atomic E-state index is 12.3. The summed E-state index contributed by atoms with van der Waals surface area (Å²) in [4.78, 5) is 24.6. The standard InChI is InChI=1S/C18H20N2O3/c1-11(17(21)22)10-20(2)18(23)19-15-9-8-13-7-6-12-4-3-5-14(15)16(12)13/h3-5,8-9,11H,6-7,10H2,1-2H3,(H,19,23)(H,21,22). The first-order chi connectivity index (χ1) is 11.0. The van der Waals surface area contributed by atoms with Crippen molar-refractivity contribution in [2.75, 3.05) is 18.9 Å². The number of rotatable bonds is 4. The summed E-state index contributed by atoms with van der Waals surface area (Å²) >= 11 is 0. The van der Waals surface area contributed by atoms with Crippen LogP contribution in [-0.4, -0.2) is 35.6 Å². The predicted octanol–water partition coefficient (Wildman–Crippen LogP) is 3.12. The normalized spacial score (nSPS) is 13.8. The third-order valence-corrected chi connectivity index (χ3v) is 4.43. The summed E-state index contributed by atoms with van der Waals surface area (Å²) in [5.74, 6) is -1.51. The van der Waals surface area contributed by atoms with E-state index in [1.54, 1.807) is 14.0 Å². The van der Waals surface area contributed by atoms with Gasteiger partial charge in [-0.1, -0.05) is 31.2 Å². The van der Waals surface area contributed by atoms with Crippen LogP contribution in [0.4, 0.5) is 10.5 Å². The van der Waals surface area contributed by atoms with Gasteiger partial charge in [0.15, 0.2) is 0 Å². The number of aryl methyl sites for hydroxylation is 2. The molecule has 1 unspecified atom stereocenters. The van der Waals surface area contributed by atoms with Crippen molar-refractivity contribution in [1.82, 2.24) is 4.90 Å². The van der Waals surface area contributed by atoms with Gasteiger partial charge in [-0.15, -0.1) is 0 Å². The van der Waals surface area contributed by atoms with Crippen molar-refractivity contribution in [3.05, 3.63) is 41.5 Å². The van der Waals surface area contributed by atoms with E-state index in [4.69, 9.17) is 5.11 Å². The summed E-state index contributed by atoms with van der Waals surface area (Å²) in [6, 6.07) is 9.86. The van der Waals surface area contributed by atoms with E-state index in [9.17, 15) is 9.59 Å². The number of hydrogen-bond donors (Lipinski definition) is 2. The Morgan fingerprint density at radius 3 is 2.61 bits per heavy atom. The molecule has 0 bridgehead atoms. The first kappa shape index (κ1) is 15.3. The van der Waals surface area contributed by atoms with Crippen LogP contribution in [0.1, 0.15) is 18.1 Å². The van der Waals surface area contributed by atoms with E-state index in [1.807, 2.05) is 18.2 Å². The zero-order valence-corrected chi connectivity index (χ0v) is 13.3. The molecule has 0 heterocycles. The molecule has 0 fully saturated rings. The predicted molar refractivity (Wildman–Crippen MR) is 89.8 cm³/mol. The van der Waals surface area contributed by atoms with Gasteiger partial charge in [-0.3, -0.25) is 4.79 Å². The number of benzene rings is 2. The molecule has 23 heavy (non-hydrogen) atoms. The molecule has 0 aliphatic heterocycles. The molecule has 0 spiro atoms. The summed E-state index contributed by atoms with van der Waals surface area (Å²) in [5.41, 5.74) is 3.41. The minimum atomic E-state index is -0.907. The van der Waals surface area contributed by atoms with Crippen molar-refractivity contribution in [2.24, 2.45) is 5.92 Å². The lowest BCUT2D eigenvalue weighted by Gasteiger charge is -2.20. The van der Waals surface area contributed by atoms with Crippen LogP contribution in [-0.2, 0) is 17.6 Å². The molecule has 0 saturated carbocycles. The molecule has 2 N–H and O–H groups in total. The number of anilines is 1. The van der Waals surface area contributed by atoms with Crippen LogP contribution in [0.5, 0.6) is 0 Å². The summed E-state index contributed by atoms with van der Waals surface area (Å²) in [6.07, 6.45) is 2.08. The van der Waals surface area contributed by atoms with Crippen LogP contribution >= 0.6 is 0 Å². The maximum Gasteiger partial charge on any atom is 0.321 e. The fourth-order valence-electron chi connectivity index (χ4n) is 3.14. The molecule has 5 nitrogen and oxygen atoms in total. The second kappa shape index (κ2) is 5.91. The molecule has 5 heteroatoms. The van der Waals surface area contributed by atoms with Crippen molar-refractivity contribution in [2.45, 2.75) is 19.8 Å². The van der Waals surface area contributed by atoms with Crippen molar-refractivity contribution < 1.29 is 14.7 Å². The monoisotopic (exact) mass is 312 g/mol. The Kier molecular flexibility index (Phi) is 3.94. The fraction of sp³-hybridized carbons (Fsp3) is 0.333. The van der Waals surface area contributed by atoms with E-state index in [0.717, 1.165) is 23.9 Å². The molecule has 120 valence electrons. The van der Waals surface area contributed by atoms with E-state index in [-0.39, 0.29) is 12.6 Å². The molecule has 0 aromatic heterocycles. The van der Waals surface area contributed by atoms with Gasteiger partial charge in [-0.05, 0) is 35.4 Å². The van der Waals surface area contributed by atoms with Gasteiger partial charge in [-0.25, -0.2) is 4.79 Å². The number of carboxylic acid groups (broad SMARTS) is 1. The van der Waals surface area contributed by atoms with Crippen LogP contribution in [0.25, 0.3) is 10.8 Å². The van der Waals surface area contributed by atoms with E-state index in [1.165, 1.54) is 21.4 Å². The van der Waals surface area contributed by atoms with E-state index in [2.05, 4.69) is 17.4 Å². The number of carboxylic acids is 1. The largest absolute Gasteiger partial charge is 0.481 e. The highest BCUT2D eigenvalue weighted by Crippen LogP contribution is 2.35. The number of carbonyl (C=O) groups excluding carboxylic acids is 1. The van der Waals surface area contributed by atoms with Crippen LogP contribution in [0.3, 0.4) is 0 Å². The lowest BCUT2D eigenvalue weighted by Crippen LogP contribution is -2.36. The fourth-order valence-corrected chi connectivity index (χ4v) is 3.14. The highest BCUT2D eigenvalue weighted by atomic mass is 16.4. The third-order valence-electron chi connectivity index (χ3n) is 4.43. The van der Waals surface area contributed by atoms with Gasteiger partial charge in [0.1, 0.15) is 0 Å². The number of nitrogens with zero attached hydrogens (tertiary/aromatic N) is 1. The maximum absolute atomic E-state index is 12.3. The smallest absolute Gasteiger partial charge is 0.321 e. The first-order valence-electron chi connectivity index (χ1n) is 7.75. The molecular weight excluding hydrogens is 292 g/mol.